The van der Waals surface area contributed by atoms with Gasteiger partial charge in [0, 0.05) is 18.2 Å². The van der Waals surface area contributed by atoms with Crippen molar-refractivity contribution in [2.24, 2.45) is 5.92 Å². The highest BCUT2D eigenvalue weighted by Crippen LogP contribution is 2.16. The topological polar surface area (TPSA) is 39.2 Å². The number of ketones is 1. The molecular formula is C14H21NO2. The summed E-state index contributed by atoms with van der Waals surface area (Å²) in [4.78, 5) is 15.9. The van der Waals surface area contributed by atoms with E-state index >= 15 is 0 Å². The molecule has 0 aromatic carbocycles. The Morgan fingerprint density at radius 1 is 1.29 bits per heavy atom. The number of nitrogens with zero attached hydrogens (tertiary/aromatic N) is 1. The van der Waals surface area contributed by atoms with Gasteiger partial charge in [0.1, 0.15) is 5.75 Å². The predicted molar refractivity (Wildman–Crippen MR) is 68.4 cm³/mol. The van der Waals surface area contributed by atoms with E-state index in [0.717, 1.165) is 6.42 Å². The number of rotatable bonds is 6. The molecule has 3 heteroatoms. The lowest BCUT2D eigenvalue weighted by molar-refractivity contribution is 0.0974. The van der Waals surface area contributed by atoms with Crippen molar-refractivity contribution in [1.29, 1.82) is 0 Å². The molecule has 94 valence electrons. The van der Waals surface area contributed by atoms with Crippen LogP contribution in [0.4, 0.5) is 0 Å². The molecule has 0 saturated heterocycles. The Bertz CT molecular complexity index is 372. The molecule has 0 aliphatic carbocycles. The molecule has 0 atom stereocenters. The van der Waals surface area contributed by atoms with Crippen molar-refractivity contribution in [3.63, 3.8) is 0 Å². The molecule has 1 rings (SSSR count). The van der Waals surface area contributed by atoms with Gasteiger partial charge in [-0.15, -0.1) is 0 Å². The molecule has 0 N–H and O–H groups in total. The largest absolute Gasteiger partial charge is 0.489 e. The van der Waals surface area contributed by atoms with Gasteiger partial charge in [0.15, 0.2) is 5.78 Å². The van der Waals surface area contributed by atoms with Crippen LogP contribution in [0.1, 0.15) is 50.9 Å². The van der Waals surface area contributed by atoms with Gasteiger partial charge < -0.3 is 4.74 Å². The van der Waals surface area contributed by atoms with Crippen LogP contribution in [0.3, 0.4) is 0 Å². The van der Waals surface area contributed by atoms with Crippen molar-refractivity contribution in [3.05, 3.63) is 24.0 Å². The lowest BCUT2D eigenvalue weighted by Crippen LogP contribution is -2.07. The second-order valence-electron chi connectivity index (χ2n) is 4.93. The molecule has 0 unspecified atom stereocenters. The lowest BCUT2D eigenvalue weighted by Gasteiger charge is -2.10. The number of aromatic nitrogens is 1. The summed E-state index contributed by atoms with van der Waals surface area (Å²) in [6.45, 7) is 8.13. The summed E-state index contributed by atoms with van der Waals surface area (Å²) in [5.41, 5.74) is 0.642. The molecular weight excluding hydrogens is 214 g/mol. The Labute approximate surface area is 103 Å². The first-order valence-electron chi connectivity index (χ1n) is 6.14. The van der Waals surface area contributed by atoms with Gasteiger partial charge in [-0.05, 0) is 32.3 Å². The van der Waals surface area contributed by atoms with Gasteiger partial charge in [-0.3, -0.25) is 9.78 Å². The molecule has 0 amide bonds. The summed E-state index contributed by atoms with van der Waals surface area (Å²) in [5.74, 6) is 1.35. The van der Waals surface area contributed by atoms with E-state index in [1.165, 1.54) is 0 Å². The molecule has 17 heavy (non-hydrogen) atoms. The number of carbonyl (C=O) groups excluding carboxylic acids is 1. The zero-order valence-corrected chi connectivity index (χ0v) is 11.1. The fraction of sp³-hybridized carbons (Fsp3) is 0.571. The van der Waals surface area contributed by atoms with Crippen LogP contribution < -0.4 is 4.74 Å². The molecule has 0 spiro atoms. The third kappa shape index (κ3) is 4.98. The second-order valence-corrected chi connectivity index (χ2v) is 4.93. The predicted octanol–water partition coefficient (Wildman–Crippen LogP) is 3.49. The van der Waals surface area contributed by atoms with Crippen LogP contribution in [0, 0.1) is 5.92 Å². The van der Waals surface area contributed by atoms with Crippen molar-refractivity contribution in [1.82, 2.24) is 4.98 Å². The van der Waals surface area contributed by atoms with E-state index in [1.54, 1.807) is 18.5 Å². The van der Waals surface area contributed by atoms with Gasteiger partial charge in [-0.1, -0.05) is 13.8 Å². The first kappa shape index (κ1) is 13.7. The van der Waals surface area contributed by atoms with E-state index in [1.807, 2.05) is 13.8 Å². The summed E-state index contributed by atoms with van der Waals surface area (Å²) < 4.78 is 5.52. The van der Waals surface area contributed by atoms with Crippen molar-refractivity contribution < 1.29 is 9.53 Å². The highest BCUT2D eigenvalue weighted by Gasteiger charge is 2.09. The Hall–Kier alpha value is -1.38. The quantitative estimate of drug-likeness (QED) is 0.708. The average molecular weight is 235 g/mol. The highest BCUT2D eigenvalue weighted by atomic mass is 16.5. The van der Waals surface area contributed by atoms with Crippen LogP contribution in [-0.2, 0) is 0 Å². The summed E-state index contributed by atoms with van der Waals surface area (Å²) in [6, 6.07) is 1.77. The monoisotopic (exact) mass is 235 g/mol. The van der Waals surface area contributed by atoms with E-state index in [2.05, 4.69) is 18.8 Å². The molecule has 0 radical (unpaired) electrons. The van der Waals surface area contributed by atoms with Crippen molar-refractivity contribution >= 4 is 5.78 Å². The number of Topliss-reactive ketones (excluding diaryl/α,β-unsaturated/α-hetero) is 1. The Kier molecular flexibility index (Phi) is 5.13. The van der Waals surface area contributed by atoms with Crippen LogP contribution in [-0.4, -0.2) is 16.9 Å². The SMILES string of the molecule is CC(C)CCC(=O)c1cncc(OC(C)C)c1. The van der Waals surface area contributed by atoms with Crippen LogP contribution >= 0.6 is 0 Å². The maximum atomic E-state index is 11.9. The first-order valence-corrected chi connectivity index (χ1v) is 6.14. The summed E-state index contributed by atoms with van der Waals surface area (Å²) >= 11 is 0. The zero-order valence-electron chi connectivity index (χ0n) is 11.1. The summed E-state index contributed by atoms with van der Waals surface area (Å²) in [5, 5.41) is 0. The van der Waals surface area contributed by atoms with E-state index in [0.29, 0.717) is 23.7 Å². The van der Waals surface area contributed by atoms with Crippen LogP contribution in [0.15, 0.2) is 18.5 Å². The van der Waals surface area contributed by atoms with Gasteiger partial charge in [0.25, 0.3) is 0 Å². The van der Waals surface area contributed by atoms with E-state index in [4.69, 9.17) is 4.74 Å². The third-order valence-corrected chi connectivity index (χ3v) is 2.36. The molecule has 1 aromatic heterocycles. The van der Waals surface area contributed by atoms with Crippen molar-refractivity contribution in [3.8, 4) is 5.75 Å². The lowest BCUT2D eigenvalue weighted by atomic mass is 10.0. The van der Waals surface area contributed by atoms with Crippen LogP contribution in [0.2, 0.25) is 0 Å². The molecule has 0 aliphatic heterocycles. The molecule has 0 saturated carbocycles. The molecule has 0 fully saturated rings. The number of pyridine rings is 1. The maximum Gasteiger partial charge on any atom is 0.164 e. The van der Waals surface area contributed by atoms with Gasteiger partial charge in [0.05, 0.1) is 12.3 Å². The molecule has 1 aromatic rings. The maximum absolute atomic E-state index is 11.9. The van der Waals surface area contributed by atoms with Crippen LogP contribution in [0.5, 0.6) is 5.75 Å². The molecule has 0 aliphatic rings. The van der Waals surface area contributed by atoms with E-state index in [9.17, 15) is 4.79 Å². The zero-order chi connectivity index (χ0) is 12.8. The fourth-order valence-corrected chi connectivity index (χ4v) is 1.47. The standard InChI is InChI=1S/C14H21NO2/c1-10(2)5-6-14(16)12-7-13(9-15-8-12)17-11(3)4/h7-11H,5-6H2,1-4H3. The fourth-order valence-electron chi connectivity index (χ4n) is 1.47. The number of carbonyl (C=O) groups is 1. The van der Waals surface area contributed by atoms with Gasteiger partial charge in [0.2, 0.25) is 0 Å². The smallest absolute Gasteiger partial charge is 0.164 e. The van der Waals surface area contributed by atoms with Crippen LogP contribution in [0.25, 0.3) is 0 Å². The average Bonchev–Trinajstić information content (AvgIpc) is 2.25. The van der Waals surface area contributed by atoms with E-state index < -0.39 is 0 Å². The van der Waals surface area contributed by atoms with E-state index in [-0.39, 0.29) is 11.9 Å². The second kappa shape index (κ2) is 6.38. The molecule has 1 heterocycles. The van der Waals surface area contributed by atoms with Gasteiger partial charge in [-0.2, -0.15) is 0 Å². The Morgan fingerprint density at radius 3 is 2.59 bits per heavy atom. The van der Waals surface area contributed by atoms with Gasteiger partial charge >= 0.3 is 0 Å². The Balaban J connectivity index is 2.67. The third-order valence-electron chi connectivity index (χ3n) is 2.36. The highest BCUT2D eigenvalue weighted by molar-refractivity contribution is 5.96. The number of hydrogen-bond acceptors (Lipinski definition) is 3. The normalized spacial score (nSPS) is 10.9. The van der Waals surface area contributed by atoms with Gasteiger partial charge in [-0.25, -0.2) is 0 Å². The minimum Gasteiger partial charge on any atom is -0.489 e. The summed E-state index contributed by atoms with van der Waals surface area (Å²) in [7, 11) is 0. The number of ether oxygens (including phenoxy) is 1. The minimum absolute atomic E-state index is 0.0952. The number of hydrogen-bond donors (Lipinski definition) is 0. The first-order chi connectivity index (χ1) is 7.99. The Morgan fingerprint density at radius 2 is 2.00 bits per heavy atom. The summed E-state index contributed by atoms with van der Waals surface area (Å²) in [6.07, 6.45) is 4.83. The molecule has 0 bridgehead atoms. The van der Waals surface area contributed by atoms with Crippen molar-refractivity contribution in [2.45, 2.75) is 46.6 Å². The molecule has 3 nitrogen and oxygen atoms in total. The van der Waals surface area contributed by atoms with Crippen molar-refractivity contribution in [2.75, 3.05) is 0 Å². The minimum atomic E-state index is 0.0952.